The molecule has 0 atom stereocenters. The third-order valence-corrected chi connectivity index (χ3v) is 2.22. The van der Waals surface area contributed by atoms with Crippen LogP contribution in [0.4, 0.5) is 0 Å². The lowest BCUT2D eigenvalue weighted by Gasteiger charge is -2.07. The van der Waals surface area contributed by atoms with Gasteiger partial charge < -0.3 is 5.11 Å². The van der Waals surface area contributed by atoms with E-state index in [2.05, 4.69) is 4.98 Å². The number of carboxylic acid groups (broad SMARTS) is 1. The van der Waals surface area contributed by atoms with Gasteiger partial charge in [-0.25, -0.2) is 4.98 Å². The van der Waals surface area contributed by atoms with Gasteiger partial charge in [-0.15, -0.1) is 0 Å². The number of carbonyl (C=O) groups is 1. The Morgan fingerprint density at radius 3 is 2.31 bits per heavy atom. The Balaban J connectivity index is 0.00000106. The molecule has 1 aromatic heterocycles. The molecule has 1 aromatic rings. The maximum atomic E-state index is 11.3. The number of aliphatic carboxylic acids is 1. The van der Waals surface area contributed by atoms with Crippen molar-refractivity contribution in [2.24, 2.45) is 0 Å². The van der Waals surface area contributed by atoms with Crippen LogP contribution in [0.1, 0.15) is 19.5 Å². The van der Waals surface area contributed by atoms with Gasteiger partial charge in [0.1, 0.15) is 11.7 Å². The molecule has 0 fully saturated rings. The van der Waals surface area contributed by atoms with Crippen LogP contribution < -0.4 is 5.56 Å². The summed E-state index contributed by atoms with van der Waals surface area (Å²) in [6.07, 6.45) is 0. The predicted octanol–water partition coefficient (Wildman–Crippen LogP) is 1.97. The monoisotopic (exact) mass is 266 g/mol. The summed E-state index contributed by atoms with van der Waals surface area (Å²) < 4.78 is 0.958. The van der Waals surface area contributed by atoms with E-state index in [0.717, 1.165) is 4.57 Å². The van der Waals surface area contributed by atoms with E-state index in [1.165, 1.54) is 6.92 Å². The summed E-state index contributed by atoms with van der Waals surface area (Å²) in [5.74, 6) is -1.14. The van der Waals surface area contributed by atoms with Gasteiger partial charge in [0.15, 0.2) is 5.15 Å². The van der Waals surface area contributed by atoms with E-state index in [1.807, 2.05) is 13.8 Å². The molecule has 0 radical (unpaired) electrons. The van der Waals surface area contributed by atoms with E-state index in [4.69, 9.17) is 28.3 Å². The predicted molar refractivity (Wildman–Crippen MR) is 62.2 cm³/mol. The zero-order valence-corrected chi connectivity index (χ0v) is 10.6. The second-order valence-corrected chi connectivity index (χ2v) is 3.28. The van der Waals surface area contributed by atoms with Crippen LogP contribution in [0.25, 0.3) is 0 Å². The third-order valence-electron chi connectivity index (χ3n) is 1.61. The van der Waals surface area contributed by atoms with E-state index < -0.39 is 18.1 Å². The van der Waals surface area contributed by atoms with Gasteiger partial charge in [-0.1, -0.05) is 37.0 Å². The molecule has 1 N–H and O–H groups in total. The topological polar surface area (TPSA) is 72.2 Å². The van der Waals surface area contributed by atoms with Crippen molar-refractivity contribution in [3.63, 3.8) is 0 Å². The highest BCUT2D eigenvalue weighted by Gasteiger charge is 2.12. The van der Waals surface area contributed by atoms with Crippen LogP contribution in [-0.2, 0) is 11.3 Å². The molecule has 7 heteroatoms. The first-order chi connectivity index (χ1) is 7.43. The fourth-order valence-electron chi connectivity index (χ4n) is 0.916. The Hall–Kier alpha value is -1.07. The number of hydrogen-bond donors (Lipinski definition) is 1. The highest BCUT2D eigenvalue weighted by atomic mass is 35.5. The molecular formula is C9H12Cl2N2O3. The van der Waals surface area contributed by atoms with Crippen LogP contribution in [0.3, 0.4) is 0 Å². The summed E-state index contributed by atoms with van der Waals surface area (Å²) >= 11 is 11.1. The normalized spacial score (nSPS) is 9.31. The van der Waals surface area contributed by atoms with Gasteiger partial charge in [0, 0.05) is 0 Å². The molecule has 5 nitrogen and oxygen atoms in total. The van der Waals surface area contributed by atoms with Crippen molar-refractivity contribution in [3.05, 3.63) is 26.4 Å². The summed E-state index contributed by atoms with van der Waals surface area (Å²) in [5.41, 5.74) is -0.376. The molecule has 0 aliphatic heterocycles. The van der Waals surface area contributed by atoms with E-state index >= 15 is 0 Å². The molecular weight excluding hydrogens is 255 g/mol. The number of rotatable bonds is 2. The van der Waals surface area contributed by atoms with Gasteiger partial charge >= 0.3 is 5.97 Å². The molecule has 1 rings (SSSR count). The summed E-state index contributed by atoms with van der Waals surface area (Å²) in [6, 6.07) is 0. The standard InChI is InChI=1S/C7H6Cl2N2O3.C2H6/c1-3-5(8)10-6(9)7(14)11(3)2-4(12)13;1-2/h2H2,1H3,(H,12,13);1-2H3. The van der Waals surface area contributed by atoms with Gasteiger partial charge in [-0.3, -0.25) is 14.2 Å². The van der Waals surface area contributed by atoms with Gasteiger partial charge in [0.05, 0.1) is 5.69 Å². The molecule has 0 saturated heterocycles. The maximum Gasteiger partial charge on any atom is 0.323 e. The minimum absolute atomic E-state index is 0.0239. The Bertz CT molecular complexity index is 443. The number of aromatic nitrogens is 2. The molecule has 0 saturated carbocycles. The Kier molecular flexibility index (Phi) is 6.06. The maximum absolute atomic E-state index is 11.3. The minimum Gasteiger partial charge on any atom is -0.480 e. The van der Waals surface area contributed by atoms with Crippen molar-refractivity contribution in [2.75, 3.05) is 0 Å². The van der Waals surface area contributed by atoms with Crippen LogP contribution >= 0.6 is 23.2 Å². The molecule has 0 amide bonds. The first kappa shape index (κ1) is 14.9. The fourth-order valence-corrected chi connectivity index (χ4v) is 1.33. The highest BCUT2D eigenvalue weighted by molar-refractivity contribution is 6.32. The van der Waals surface area contributed by atoms with Crippen molar-refractivity contribution in [1.82, 2.24) is 9.55 Å². The Labute approximate surface area is 103 Å². The first-order valence-corrected chi connectivity index (χ1v) is 5.33. The second-order valence-electron chi connectivity index (χ2n) is 2.56. The molecule has 0 aliphatic carbocycles. The van der Waals surface area contributed by atoms with E-state index in [9.17, 15) is 9.59 Å². The molecule has 0 aromatic carbocycles. The smallest absolute Gasteiger partial charge is 0.323 e. The second kappa shape index (κ2) is 6.50. The third kappa shape index (κ3) is 3.50. The average Bonchev–Trinajstić information content (AvgIpc) is 2.24. The number of nitrogens with zero attached hydrogens (tertiary/aromatic N) is 2. The van der Waals surface area contributed by atoms with E-state index in [1.54, 1.807) is 0 Å². The molecule has 16 heavy (non-hydrogen) atoms. The quantitative estimate of drug-likeness (QED) is 0.889. The largest absolute Gasteiger partial charge is 0.480 e. The van der Waals surface area contributed by atoms with Crippen LogP contribution in [0.15, 0.2) is 4.79 Å². The van der Waals surface area contributed by atoms with Crippen LogP contribution in [0.2, 0.25) is 10.3 Å². The van der Waals surface area contributed by atoms with Crippen LogP contribution in [-0.4, -0.2) is 20.6 Å². The number of carboxylic acids is 1. The van der Waals surface area contributed by atoms with Crippen molar-refractivity contribution in [3.8, 4) is 0 Å². The lowest BCUT2D eigenvalue weighted by atomic mass is 10.4. The lowest BCUT2D eigenvalue weighted by Crippen LogP contribution is -2.27. The fraction of sp³-hybridized carbons (Fsp3) is 0.444. The first-order valence-electron chi connectivity index (χ1n) is 4.57. The van der Waals surface area contributed by atoms with E-state index in [-0.39, 0.29) is 16.0 Å². The van der Waals surface area contributed by atoms with Crippen LogP contribution in [0.5, 0.6) is 0 Å². The van der Waals surface area contributed by atoms with Crippen molar-refractivity contribution < 1.29 is 9.90 Å². The average molecular weight is 267 g/mol. The zero-order chi connectivity index (χ0) is 12.9. The molecule has 90 valence electrons. The molecule has 1 heterocycles. The summed E-state index contributed by atoms with van der Waals surface area (Å²) in [6.45, 7) is 5.02. The molecule has 0 bridgehead atoms. The highest BCUT2D eigenvalue weighted by Crippen LogP contribution is 2.11. The van der Waals surface area contributed by atoms with Crippen LogP contribution in [0, 0.1) is 6.92 Å². The zero-order valence-electron chi connectivity index (χ0n) is 9.12. The van der Waals surface area contributed by atoms with Gasteiger partial charge in [0.25, 0.3) is 5.56 Å². The minimum atomic E-state index is -1.14. The summed E-state index contributed by atoms with van der Waals surface area (Å²) in [5, 5.41) is 8.22. The van der Waals surface area contributed by atoms with Gasteiger partial charge in [-0.05, 0) is 6.92 Å². The van der Waals surface area contributed by atoms with Gasteiger partial charge in [-0.2, -0.15) is 0 Å². The van der Waals surface area contributed by atoms with Crippen molar-refractivity contribution >= 4 is 29.2 Å². The van der Waals surface area contributed by atoms with E-state index in [0.29, 0.717) is 0 Å². The Morgan fingerprint density at radius 1 is 1.38 bits per heavy atom. The van der Waals surface area contributed by atoms with Crippen molar-refractivity contribution in [1.29, 1.82) is 0 Å². The molecule has 0 unspecified atom stereocenters. The summed E-state index contributed by atoms with van der Waals surface area (Å²) in [7, 11) is 0. The van der Waals surface area contributed by atoms with Crippen molar-refractivity contribution in [2.45, 2.75) is 27.3 Å². The number of hydrogen-bond acceptors (Lipinski definition) is 3. The SMILES string of the molecule is CC.Cc1c(Cl)nc(Cl)c(=O)n1CC(=O)O. The molecule has 0 aliphatic rings. The Morgan fingerprint density at radius 2 is 1.88 bits per heavy atom. The number of halogens is 2. The summed E-state index contributed by atoms with van der Waals surface area (Å²) in [4.78, 5) is 25.3. The van der Waals surface area contributed by atoms with Gasteiger partial charge in [0.2, 0.25) is 0 Å². The molecule has 0 spiro atoms. The lowest BCUT2D eigenvalue weighted by molar-refractivity contribution is -0.137.